The van der Waals surface area contributed by atoms with Crippen molar-refractivity contribution in [2.45, 2.75) is 13.5 Å². The van der Waals surface area contributed by atoms with E-state index in [0.717, 1.165) is 11.4 Å². The second-order valence-corrected chi connectivity index (χ2v) is 4.43. The van der Waals surface area contributed by atoms with Gasteiger partial charge in [-0.1, -0.05) is 0 Å². The first kappa shape index (κ1) is 13.9. The second kappa shape index (κ2) is 5.64. The highest BCUT2D eigenvalue weighted by Gasteiger charge is 2.11. The number of methoxy groups -OCH3 is 1. The van der Waals surface area contributed by atoms with Gasteiger partial charge in [-0.3, -0.25) is 4.68 Å². The van der Waals surface area contributed by atoms with E-state index in [9.17, 15) is 4.79 Å². The highest BCUT2D eigenvalue weighted by molar-refractivity contribution is 5.91. The van der Waals surface area contributed by atoms with E-state index >= 15 is 0 Å². The van der Waals surface area contributed by atoms with Crippen LogP contribution in [0, 0.1) is 6.92 Å². The minimum Gasteiger partial charge on any atom is -0.495 e. The molecule has 0 aliphatic carbocycles. The maximum atomic E-state index is 11.9. The molecule has 106 valence electrons. The molecule has 6 heteroatoms. The summed E-state index contributed by atoms with van der Waals surface area (Å²) in [5.41, 5.74) is 8.26. The number of anilines is 1. The number of ether oxygens (including phenoxy) is 2. The lowest BCUT2D eigenvalue weighted by Crippen LogP contribution is -2.08. The van der Waals surface area contributed by atoms with Crippen molar-refractivity contribution in [3.63, 3.8) is 0 Å². The number of esters is 1. The Hall–Kier alpha value is -2.50. The maximum absolute atomic E-state index is 11.9. The van der Waals surface area contributed by atoms with Crippen molar-refractivity contribution in [1.82, 2.24) is 9.78 Å². The summed E-state index contributed by atoms with van der Waals surface area (Å²) in [5.74, 6) is 0.0991. The van der Waals surface area contributed by atoms with Crippen LogP contribution in [-0.4, -0.2) is 22.9 Å². The lowest BCUT2D eigenvalue weighted by molar-refractivity contribution is 0.0463. The van der Waals surface area contributed by atoms with Crippen molar-refractivity contribution >= 4 is 11.7 Å². The molecule has 0 aliphatic rings. The van der Waals surface area contributed by atoms with Crippen molar-refractivity contribution in [2.75, 3.05) is 12.8 Å². The first-order valence-electron chi connectivity index (χ1n) is 6.11. The molecule has 0 fully saturated rings. The minimum atomic E-state index is -0.432. The summed E-state index contributed by atoms with van der Waals surface area (Å²) < 4.78 is 12.0. The van der Waals surface area contributed by atoms with Gasteiger partial charge in [-0.25, -0.2) is 4.79 Å². The molecular formula is C14H17N3O3. The third kappa shape index (κ3) is 2.90. The van der Waals surface area contributed by atoms with Gasteiger partial charge in [0, 0.05) is 7.05 Å². The molecule has 0 bridgehead atoms. The van der Waals surface area contributed by atoms with E-state index in [0.29, 0.717) is 17.0 Å². The fourth-order valence-electron chi connectivity index (χ4n) is 1.88. The molecule has 2 N–H and O–H groups in total. The van der Waals surface area contributed by atoms with Gasteiger partial charge in [0.1, 0.15) is 12.4 Å². The van der Waals surface area contributed by atoms with Gasteiger partial charge in [-0.05, 0) is 31.2 Å². The molecule has 2 rings (SSSR count). The predicted octanol–water partition coefficient (Wildman–Crippen LogP) is 1.68. The lowest BCUT2D eigenvalue weighted by atomic mass is 10.2. The van der Waals surface area contributed by atoms with Crippen LogP contribution in [0.1, 0.15) is 21.7 Å². The van der Waals surface area contributed by atoms with Crippen LogP contribution in [0.5, 0.6) is 5.75 Å². The zero-order valence-electron chi connectivity index (χ0n) is 11.7. The average Bonchev–Trinajstić information content (AvgIpc) is 2.74. The number of nitrogens with zero attached hydrogens (tertiary/aromatic N) is 2. The molecule has 0 atom stereocenters. The number of nitrogen functional groups attached to an aromatic ring is 1. The lowest BCUT2D eigenvalue weighted by Gasteiger charge is -2.08. The summed E-state index contributed by atoms with van der Waals surface area (Å²) in [6.07, 6.45) is 0. The van der Waals surface area contributed by atoms with E-state index in [1.807, 2.05) is 20.0 Å². The minimum absolute atomic E-state index is 0.169. The summed E-state index contributed by atoms with van der Waals surface area (Å²) in [5, 5.41) is 4.19. The molecule has 0 saturated heterocycles. The number of rotatable bonds is 4. The van der Waals surface area contributed by atoms with Crippen LogP contribution < -0.4 is 10.5 Å². The van der Waals surface area contributed by atoms with E-state index in [4.69, 9.17) is 15.2 Å². The first-order chi connectivity index (χ1) is 9.51. The fourth-order valence-corrected chi connectivity index (χ4v) is 1.88. The van der Waals surface area contributed by atoms with Crippen molar-refractivity contribution in [1.29, 1.82) is 0 Å². The zero-order chi connectivity index (χ0) is 14.7. The van der Waals surface area contributed by atoms with Gasteiger partial charge in [-0.15, -0.1) is 0 Å². The topological polar surface area (TPSA) is 79.4 Å². The summed E-state index contributed by atoms with van der Waals surface area (Å²) in [6.45, 7) is 2.05. The second-order valence-electron chi connectivity index (χ2n) is 4.43. The van der Waals surface area contributed by atoms with Crippen molar-refractivity contribution in [2.24, 2.45) is 7.05 Å². The molecule has 1 aromatic carbocycles. The Bertz CT molecular complexity index is 635. The monoisotopic (exact) mass is 275 g/mol. The SMILES string of the molecule is COc1ccc(C(=O)OCc2cc(C)nn2C)cc1N. The molecule has 0 unspecified atom stereocenters. The molecule has 1 aromatic heterocycles. The summed E-state index contributed by atoms with van der Waals surface area (Å²) in [4.78, 5) is 11.9. The van der Waals surface area contributed by atoms with Gasteiger partial charge >= 0.3 is 5.97 Å². The van der Waals surface area contributed by atoms with E-state index < -0.39 is 5.97 Å². The van der Waals surface area contributed by atoms with Gasteiger partial charge in [-0.2, -0.15) is 5.10 Å². The van der Waals surface area contributed by atoms with Crippen LogP contribution in [-0.2, 0) is 18.4 Å². The average molecular weight is 275 g/mol. The number of aromatic nitrogens is 2. The van der Waals surface area contributed by atoms with Crippen molar-refractivity contribution < 1.29 is 14.3 Å². The van der Waals surface area contributed by atoms with Gasteiger partial charge in [0.25, 0.3) is 0 Å². The molecule has 0 saturated carbocycles. The van der Waals surface area contributed by atoms with Crippen LogP contribution in [0.25, 0.3) is 0 Å². The number of carbonyl (C=O) groups is 1. The summed E-state index contributed by atoms with van der Waals surface area (Å²) in [7, 11) is 3.33. The van der Waals surface area contributed by atoms with Gasteiger partial charge in [0.05, 0.1) is 29.7 Å². The van der Waals surface area contributed by atoms with Crippen molar-refractivity contribution in [3.05, 3.63) is 41.2 Å². The van der Waals surface area contributed by atoms with Crippen LogP contribution in [0.15, 0.2) is 24.3 Å². The molecule has 1 heterocycles. The number of hydrogen-bond acceptors (Lipinski definition) is 5. The maximum Gasteiger partial charge on any atom is 0.338 e. The molecular weight excluding hydrogens is 258 g/mol. The highest BCUT2D eigenvalue weighted by atomic mass is 16.5. The van der Waals surface area contributed by atoms with Gasteiger partial charge in [0.2, 0.25) is 0 Å². The normalized spacial score (nSPS) is 10.3. The molecule has 0 aliphatic heterocycles. The van der Waals surface area contributed by atoms with E-state index in [-0.39, 0.29) is 6.61 Å². The van der Waals surface area contributed by atoms with Gasteiger partial charge < -0.3 is 15.2 Å². The first-order valence-corrected chi connectivity index (χ1v) is 6.11. The highest BCUT2D eigenvalue weighted by Crippen LogP contribution is 2.22. The van der Waals surface area contributed by atoms with E-state index in [2.05, 4.69) is 5.10 Å². The van der Waals surface area contributed by atoms with Crippen molar-refractivity contribution in [3.8, 4) is 5.75 Å². The zero-order valence-corrected chi connectivity index (χ0v) is 11.7. The Balaban J connectivity index is 2.05. The Morgan fingerprint density at radius 1 is 1.40 bits per heavy atom. The quantitative estimate of drug-likeness (QED) is 0.678. The number of nitrogens with two attached hydrogens (primary N) is 1. The fraction of sp³-hybridized carbons (Fsp3) is 0.286. The Morgan fingerprint density at radius 2 is 2.15 bits per heavy atom. The molecule has 2 aromatic rings. The largest absolute Gasteiger partial charge is 0.495 e. The Kier molecular flexibility index (Phi) is 3.93. The predicted molar refractivity (Wildman–Crippen MR) is 74.5 cm³/mol. The van der Waals surface area contributed by atoms with Gasteiger partial charge in [0.15, 0.2) is 0 Å². The van der Waals surface area contributed by atoms with Crippen LogP contribution >= 0.6 is 0 Å². The van der Waals surface area contributed by atoms with Crippen LogP contribution in [0.4, 0.5) is 5.69 Å². The molecule has 6 nitrogen and oxygen atoms in total. The standard InChI is InChI=1S/C14H17N3O3/c1-9-6-11(17(2)16-9)8-20-14(18)10-4-5-13(19-3)12(15)7-10/h4-7H,8,15H2,1-3H3. The summed E-state index contributed by atoms with van der Waals surface area (Å²) in [6, 6.07) is 6.66. The molecule has 0 amide bonds. The molecule has 0 radical (unpaired) electrons. The third-order valence-corrected chi connectivity index (χ3v) is 2.92. The van der Waals surface area contributed by atoms with E-state index in [1.54, 1.807) is 16.8 Å². The molecule has 20 heavy (non-hydrogen) atoms. The molecule has 0 spiro atoms. The number of carbonyl (C=O) groups excluding carboxylic acids is 1. The summed E-state index contributed by atoms with van der Waals surface area (Å²) >= 11 is 0. The Morgan fingerprint density at radius 3 is 2.70 bits per heavy atom. The Labute approximate surface area is 117 Å². The third-order valence-electron chi connectivity index (χ3n) is 2.92. The number of hydrogen-bond donors (Lipinski definition) is 1. The van der Waals surface area contributed by atoms with Crippen LogP contribution in [0.3, 0.4) is 0 Å². The smallest absolute Gasteiger partial charge is 0.338 e. The number of aryl methyl sites for hydroxylation is 2. The number of benzene rings is 1. The van der Waals surface area contributed by atoms with Crippen LogP contribution in [0.2, 0.25) is 0 Å². The van der Waals surface area contributed by atoms with E-state index in [1.165, 1.54) is 13.2 Å².